The van der Waals surface area contributed by atoms with E-state index in [0.717, 1.165) is 31.3 Å². The van der Waals surface area contributed by atoms with Crippen LogP contribution in [-0.4, -0.2) is 53.1 Å². The van der Waals surface area contributed by atoms with Gasteiger partial charge in [0, 0.05) is 32.1 Å². The van der Waals surface area contributed by atoms with Gasteiger partial charge in [0.2, 0.25) is 11.0 Å². The van der Waals surface area contributed by atoms with Crippen molar-refractivity contribution in [3.63, 3.8) is 0 Å². The number of hydrogen-bond acceptors (Lipinski definition) is 5. The molecule has 0 bridgehead atoms. The van der Waals surface area contributed by atoms with E-state index < -0.39 is 0 Å². The molecule has 0 N–H and O–H groups in total. The molecule has 0 radical (unpaired) electrons. The van der Waals surface area contributed by atoms with Crippen molar-refractivity contribution in [2.45, 2.75) is 38.0 Å². The third kappa shape index (κ3) is 3.48. The maximum Gasteiger partial charge on any atom is 0.237 e. The van der Waals surface area contributed by atoms with Gasteiger partial charge in [-0.15, -0.1) is 21.8 Å². The Labute approximate surface area is 134 Å². The molecular formula is C14H21ClN4OS. The van der Waals surface area contributed by atoms with Crippen LogP contribution in [0.5, 0.6) is 0 Å². The van der Waals surface area contributed by atoms with Crippen LogP contribution < -0.4 is 4.90 Å². The second-order valence-electron chi connectivity index (χ2n) is 5.76. The third-order valence-corrected chi connectivity index (χ3v) is 5.78. The molecule has 5 nitrogen and oxygen atoms in total. The van der Waals surface area contributed by atoms with Gasteiger partial charge in [0.05, 0.1) is 0 Å². The van der Waals surface area contributed by atoms with E-state index in [1.54, 1.807) is 11.3 Å². The molecule has 1 amide bonds. The number of rotatable bonds is 3. The second-order valence-corrected chi connectivity index (χ2v) is 7.01. The van der Waals surface area contributed by atoms with Crippen LogP contribution in [0.3, 0.4) is 0 Å². The summed E-state index contributed by atoms with van der Waals surface area (Å²) in [6.07, 6.45) is 6.51. The fourth-order valence-corrected chi connectivity index (χ4v) is 4.33. The van der Waals surface area contributed by atoms with Crippen LogP contribution in [0, 0.1) is 0 Å². The zero-order chi connectivity index (χ0) is 14.7. The van der Waals surface area contributed by atoms with E-state index in [4.69, 9.17) is 11.6 Å². The molecule has 1 aliphatic carbocycles. The minimum absolute atomic E-state index is 0.0245. The first-order chi connectivity index (χ1) is 10.3. The van der Waals surface area contributed by atoms with E-state index in [2.05, 4.69) is 15.1 Å². The molecule has 1 aromatic heterocycles. The van der Waals surface area contributed by atoms with E-state index in [9.17, 15) is 4.79 Å². The van der Waals surface area contributed by atoms with Gasteiger partial charge in [0.25, 0.3) is 0 Å². The summed E-state index contributed by atoms with van der Waals surface area (Å²) in [7, 11) is 0. The number of piperazine rings is 1. The first-order valence-electron chi connectivity index (χ1n) is 7.70. The van der Waals surface area contributed by atoms with Crippen molar-refractivity contribution in [3.05, 3.63) is 5.01 Å². The number of anilines is 1. The summed E-state index contributed by atoms with van der Waals surface area (Å²) < 4.78 is 0. The minimum atomic E-state index is 0.0245. The highest BCUT2D eigenvalue weighted by molar-refractivity contribution is 7.15. The number of carbonyl (C=O) groups is 1. The average Bonchev–Trinajstić information content (AvgIpc) is 3.05. The molecule has 1 aromatic rings. The van der Waals surface area contributed by atoms with Gasteiger partial charge in [-0.2, -0.15) is 0 Å². The second kappa shape index (κ2) is 6.92. The van der Waals surface area contributed by atoms with E-state index >= 15 is 0 Å². The van der Waals surface area contributed by atoms with Gasteiger partial charge >= 0.3 is 0 Å². The number of hydrogen-bond donors (Lipinski definition) is 0. The summed E-state index contributed by atoms with van der Waals surface area (Å²) in [4.78, 5) is 15.6. The Bertz CT molecular complexity index is 481. The third-order valence-electron chi connectivity index (χ3n) is 4.40. The predicted molar refractivity (Wildman–Crippen MR) is 85.2 cm³/mol. The Kier molecular flexibility index (Phi) is 4.95. The van der Waals surface area contributed by atoms with Gasteiger partial charge in [0.1, 0.15) is 10.9 Å². The molecule has 0 atom stereocenters. The lowest BCUT2D eigenvalue weighted by molar-refractivity contribution is -0.128. The van der Waals surface area contributed by atoms with Crippen molar-refractivity contribution in [1.29, 1.82) is 0 Å². The van der Waals surface area contributed by atoms with Gasteiger partial charge in [-0.25, -0.2) is 0 Å². The minimum Gasteiger partial charge on any atom is -0.343 e. The monoisotopic (exact) mass is 328 g/mol. The Balaban J connectivity index is 1.58. The highest BCUT2D eigenvalue weighted by atomic mass is 35.5. The van der Waals surface area contributed by atoms with Crippen LogP contribution >= 0.6 is 22.9 Å². The first kappa shape index (κ1) is 15.0. The zero-order valence-electron chi connectivity index (χ0n) is 12.1. The number of halogens is 1. The Morgan fingerprint density at radius 3 is 2.52 bits per heavy atom. The van der Waals surface area contributed by atoms with E-state index in [-0.39, 0.29) is 11.8 Å². The van der Waals surface area contributed by atoms with Crippen molar-refractivity contribution in [2.24, 2.45) is 0 Å². The normalized spacial score (nSPS) is 20.8. The largest absolute Gasteiger partial charge is 0.343 e. The summed E-state index contributed by atoms with van der Waals surface area (Å²) >= 11 is 7.34. The molecule has 7 heteroatoms. The molecule has 0 aromatic carbocycles. The molecule has 0 unspecified atom stereocenters. The summed E-state index contributed by atoms with van der Waals surface area (Å²) in [5.41, 5.74) is 0. The number of aromatic nitrogens is 2. The average molecular weight is 329 g/mol. The van der Waals surface area contributed by atoms with Crippen LogP contribution in [0.15, 0.2) is 0 Å². The lowest BCUT2D eigenvalue weighted by Gasteiger charge is -2.34. The summed E-state index contributed by atoms with van der Waals surface area (Å²) in [5.74, 6) is 0.713. The van der Waals surface area contributed by atoms with Crippen molar-refractivity contribution in [2.75, 3.05) is 37.0 Å². The van der Waals surface area contributed by atoms with Gasteiger partial charge in [-0.05, 0) is 12.8 Å². The van der Waals surface area contributed by atoms with E-state index in [1.807, 2.05) is 4.90 Å². The summed E-state index contributed by atoms with van der Waals surface area (Å²) in [6, 6.07) is 0. The topological polar surface area (TPSA) is 49.3 Å². The lowest BCUT2D eigenvalue weighted by atomic mass is 9.90. The first-order valence-corrected chi connectivity index (χ1v) is 9.05. The smallest absolute Gasteiger partial charge is 0.237 e. The molecule has 2 aliphatic rings. The molecule has 2 heterocycles. The van der Waals surface area contributed by atoms with Crippen LogP contribution in [0.25, 0.3) is 0 Å². The standard InChI is InChI=1S/C14H21ClN4OS/c15-10-12(20)18-6-8-19(9-7-18)14-17-16-13(21-14)11-4-2-1-3-5-11/h11H,1-10H2. The quantitative estimate of drug-likeness (QED) is 0.800. The molecular weight excluding hydrogens is 308 g/mol. The molecule has 1 saturated heterocycles. The summed E-state index contributed by atoms with van der Waals surface area (Å²) in [6.45, 7) is 3.09. The maximum atomic E-state index is 11.6. The van der Waals surface area contributed by atoms with Crippen molar-refractivity contribution < 1.29 is 4.79 Å². The van der Waals surface area contributed by atoms with Crippen molar-refractivity contribution >= 4 is 34.0 Å². The van der Waals surface area contributed by atoms with Crippen molar-refractivity contribution in [1.82, 2.24) is 15.1 Å². The van der Waals surface area contributed by atoms with Crippen LogP contribution in [-0.2, 0) is 4.79 Å². The fourth-order valence-electron chi connectivity index (χ4n) is 3.10. The maximum absolute atomic E-state index is 11.6. The number of carbonyl (C=O) groups excluding carboxylic acids is 1. The highest BCUT2D eigenvalue weighted by Crippen LogP contribution is 2.36. The number of alkyl halides is 1. The molecule has 21 heavy (non-hydrogen) atoms. The van der Waals surface area contributed by atoms with Gasteiger partial charge in [0.15, 0.2) is 0 Å². The van der Waals surface area contributed by atoms with Gasteiger partial charge in [-0.3, -0.25) is 4.79 Å². The summed E-state index contributed by atoms with van der Waals surface area (Å²) in [5, 5.41) is 11.0. The number of amides is 1. The fraction of sp³-hybridized carbons (Fsp3) is 0.786. The Morgan fingerprint density at radius 1 is 1.14 bits per heavy atom. The Hall–Kier alpha value is -0.880. The molecule has 1 aliphatic heterocycles. The SMILES string of the molecule is O=C(CCl)N1CCN(c2nnc(C3CCCCC3)s2)CC1. The van der Waals surface area contributed by atoms with Crippen LogP contribution in [0.1, 0.15) is 43.0 Å². The molecule has 0 spiro atoms. The zero-order valence-corrected chi connectivity index (χ0v) is 13.7. The van der Waals surface area contributed by atoms with Crippen LogP contribution in [0.4, 0.5) is 5.13 Å². The van der Waals surface area contributed by atoms with E-state index in [0.29, 0.717) is 5.92 Å². The van der Waals surface area contributed by atoms with Crippen LogP contribution in [0.2, 0.25) is 0 Å². The number of nitrogens with zero attached hydrogens (tertiary/aromatic N) is 4. The van der Waals surface area contributed by atoms with Gasteiger partial charge in [-0.1, -0.05) is 30.6 Å². The van der Waals surface area contributed by atoms with E-state index in [1.165, 1.54) is 37.1 Å². The predicted octanol–water partition coefficient (Wildman–Crippen LogP) is 2.47. The van der Waals surface area contributed by atoms with Gasteiger partial charge < -0.3 is 9.80 Å². The Morgan fingerprint density at radius 2 is 1.86 bits per heavy atom. The molecule has 116 valence electrons. The lowest BCUT2D eigenvalue weighted by Crippen LogP contribution is -2.49. The van der Waals surface area contributed by atoms with Crippen molar-refractivity contribution in [3.8, 4) is 0 Å². The molecule has 2 fully saturated rings. The molecule has 1 saturated carbocycles. The molecule has 3 rings (SSSR count). The highest BCUT2D eigenvalue weighted by Gasteiger charge is 2.25.